The zero-order valence-electron chi connectivity index (χ0n) is 15.4. The Morgan fingerprint density at radius 1 is 0.957 bits per heavy atom. The molecule has 0 aromatic carbocycles. The van der Waals surface area contributed by atoms with Crippen LogP contribution in [0.5, 0.6) is 0 Å². The molecule has 134 valence electrons. The molecular formula is C19H34O4. The van der Waals surface area contributed by atoms with Crippen LogP contribution >= 0.6 is 0 Å². The maximum atomic E-state index is 12.3. The first kappa shape index (κ1) is 20.0. The fraction of sp³-hybridized carbons (Fsp3) is 0.895. The number of hydrogen-bond donors (Lipinski definition) is 0. The van der Waals surface area contributed by atoms with Crippen molar-refractivity contribution in [2.45, 2.75) is 91.6 Å². The summed E-state index contributed by atoms with van der Waals surface area (Å²) in [5.74, 6) is -0.217. The lowest BCUT2D eigenvalue weighted by Gasteiger charge is -2.29. The number of carbonyl (C=O) groups excluding carboxylic acids is 2. The molecule has 0 heterocycles. The molecule has 0 bridgehead atoms. The van der Waals surface area contributed by atoms with Crippen molar-refractivity contribution < 1.29 is 19.1 Å². The van der Waals surface area contributed by atoms with Gasteiger partial charge in [-0.15, -0.1) is 0 Å². The molecule has 1 fully saturated rings. The van der Waals surface area contributed by atoms with Crippen molar-refractivity contribution >= 4 is 11.9 Å². The third-order valence-electron chi connectivity index (χ3n) is 4.74. The van der Waals surface area contributed by atoms with Crippen molar-refractivity contribution in [3.8, 4) is 0 Å². The van der Waals surface area contributed by atoms with Crippen LogP contribution in [0.4, 0.5) is 0 Å². The highest BCUT2D eigenvalue weighted by Crippen LogP contribution is 2.28. The maximum Gasteiger partial charge on any atom is 0.323 e. The first-order valence-electron chi connectivity index (χ1n) is 9.26. The van der Waals surface area contributed by atoms with Crippen molar-refractivity contribution in [2.75, 3.05) is 6.61 Å². The van der Waals surface area contributed by atoms with Crippen molar-refractivity contribution in [3.63, 3.8) is 0 Å². The minimum atomic E-state index is -1.22. The predicted octanol–water partition coefficient (Wildman–Crippen LogP) is 4.65. The van der Waals surface area contributed by atoms with E-state index in [2.05, 4.69) is 13.8 Å². The highest BCUT2D eigenvalue weighted by molar-refractivity contribution is 5.99. The molecule has 1 rings (SSSR count). The average Bonchev–Trinajstić information content (AvgIpc) is 2.52. The minimum absolute atomic E-state index is 0.0418. The Bertz CT molecular complexity index is 368. The van der Waals surface area contributed by atoms with Crippen LogP contribution in [-0.2, 0) is 19.1 Å². The molecule has 0 atom stereocenters. The van der Waals surface area contributed by atoms with Gasteiger partial charge in [-0.2, -0.15) is 0 Å². The molecule has 4 heteroatoms. The lowest BCUT2D eigenvalue weighted by atomic mass is 9.88. The first-order valence-corrected chi connectivity index (χ1v) is 9.26. The van der Waals surface area contributed by atoms with Crippen molar-refractivity contribution in [1.82, 2.24) is 0 Å². The molecule has 1 aliphatic rings. The fourth-order valence-corrected chi connectivity index (χ4v) is 2.78. The third-order valence-corrected chi connectivity index (χ3v) is 4.74. The molecule has 0 aromatic heterocycles. The van der Waals surface area contributed by atoms with Gasteiger partial charge in [0.2, 0.25) is 0 Å². The van der Waals surface area contributed by atoms with Gasteiger partial charge in [-0.25, -0.2) is 0 Å². The van der Waals surface area contributed by atoms with Gasteiger partial charge in [0.15, 0.2) is 5.41 Å². The normalized spacial score (nSPS) is 21.7. The number of unbranched alkanes of at least 4 members (excludes halogenated alkanes) is 4. The third kappa shape index (κ3) is 6.92. The molecule has 0 spiro atoms. The van der Waals surface area contributed by atoms with Crippen LogP contribution in [0.25, 0.3) is 0 Å². The van der Waals surface area contributed by atoms with E-state index in [-0.39, 0.29) is 6.10 Å². The Balaban J connectivity index is 2.31. The van der Waals surface area contributed by atoms with Crippen molar-refractivity contribution in [3.05, 3.63) is 0 Å². The molecule has 1 saturated carbocycles. The lowest BCUT2D eigenvalue weighted by molar-refractivity contribution is -0.174. The van der Waals surface area contributed by atoms with Crippen LogP contribution in [0.15, 0.2) is 0 Å². The van der Waals surface area contributed by atoms with E-state index < -0.39 is 17.4 Å². The number of esters is 2. The van der Waals surface area contributed by atoms with Gasteiger partial charge in [0.05, 0.1) is 6.61 Å². The van der Waals surface area contributed by atoms with Crippen LogP contribution in [0.2, 0.25) is 0 Å². The number of rotatable bonds is 9. The zero-order chi connectivity index (χ0) is 17.3. The molecule has 1 aliphatic carbocycles. The number of carbonyl (C=O) groups is 2. The summed E-state index contributed by atoms with van der Waals surface area (Å²) in [5.41, 5.74) is -1.22. The van der Waals surface area contributed by atoms with Gasteiger partial charge in [-0.05, 0) is 51.9 Å². The van der Waals surface area contributed by atoms with Crippen LogP contribution in [0.3, 0.4) is 0 Å². The molecule has 0 aliphatic heterocycles. The maximum absolute atomic E-state index is 12.3. The quantitative estimate of drug-likeness (QED) is 0.352. The second-order valence-electron chi connectivity index (χ2n) is 7.46. The second kappa shape index (κ2) is 9.94. The molecule has 0 unspecified atom stereocenters. The van der Waals surface area contributed by atoms with Crippen molar-refractivity contribution in [2.24, 2.45) is 11.3 Å². The summed E-state index contributed by atoms with van der Waals surface area (Å²) in [4.78, 5) is 24.5. The van der Waals surface area contributed by atoms with E-state index in [9.17, 15) is 9.59 Å². The molecular weight excluding hydrogens is 292 g/mol. The highest BCUT2D eigenvalue weighted by atomic mass is 16.6. The van der Waals surface area contributed by atoms with Gasteiger partial charge in [-0.3, -0.25) is 9.59 Å². The van der Waals surface area contributed by atoms with E-state index in [1.165, 1.54) is 19.3 Å². The largest absolute Gasteiger partial charge is 0.465 e. The summed E-state index contributed by atoms with van der Waals surface area (Å²) >= 11 is 0. The first-order chi connectivity index (χ1) is 10.9. The molecule has 0 N–H and O–H groups in total. The Kier molecular flexibility index (Phi) is 8.64. The van der Waals surface area contributed by atoms with E-state index in [4.69, 9.17) is 9.47 Å². The van der Waals surface area contributed by atoms with Crippen LogP contribution in [0.1, 0.15) is 85.5 Å². The fourth-order valence-electron chi connectivity index (χ4n) is 2.78. The average molecular weight is 326 g/mol. The summed E-state index contributed by atoms with van der Waals surface area (Å²) in [6, 6.07) is 0. The van der Waals surface area contributed by atoms with E-state index in [0.29, 0.717) is 12.5 Å². The van der Waals surface area contributed by atoms with Gasteiger partial charge in [-0.1, -0.05) is 39.5 Å². The van der Waals surface area contributed by atoms with Crippen LogP contribution in [-0.4, -0.2) is 24.6 Å². The van der Waals surface area contributed by atoms with Gasteiger partial charge >= 0.3 is 11.9 Å². The monoisotopic (exact) mass is 326 g/mol. The highest BCUT2D eigenvalue weighted by Gasteiger charge is 2.40. The molecule has 23 heavy (non-hydrogen) atoms. The van der Waals surface area contributed by atoms with Gasteiger partial charge < -0.3 is 9.47 Å². The van der Waals surface area contributed by atoms with E-state index >= 15 is 0 Å². The lowest BCUT2D eigenvalue weighted by Crippen LogP contribution is -2.39. The van der Waals surface area contributed by atoms with Gasteiger partial charge in [0.1, 0.15) is 6.10 Å². The molecule has 0 saturated heterocycles. The number of hydrogen-bond acceptors (Lipinski definition) is 4. The summed E-state index contributed by atoms with van der Waals surface area (Å²) in [6.07, 6.45) is 9.42. The predicted molar refractivity (Wildman–Crippen MR) is 91.0 cm³/mol. The summed E-state index contributed by atoms with van der Waals surface area (Å²) in [6.45, 7) is 7.97. The summed E-state index contributed by atoms with van der Waals surface area (Å²) < 4.78 is 10.8. The molecule has 0 radical (unpaired) electrons. The van der Waals surface area contributed by atoms with Crippen molar-refractivity contribution in [1.29, 1.82) is 0 Å². The standard InChI is InChI=1S/C19H34O4/c1-5-6-7-8-9-14-22-17(20)19(3,4)18(21)23-16-12-10-15(2)11-13-16/h15-16H,5-14H2,1-4H3. The molecule has 0 amide bonds. The van der Waals surface area contributed by atoms with Crippen LogP contribution in [0, 0.1) is 11.3 Å². The molecule has 4 nitrogen and oxygen atoms in total. The Hall–Kier alpha value is -1.06. The van der Waals surface area contributed by atoms with Gasteiger partial charge in [0.25, 0.3) is 0 Å². The second-order valence-corrected chi connectivity index (χ2v) is 7.46. The topological polar surface area (TPSA) is 52.6 Å². The van der Waals surface area contributed by atoms with E-state index in [1.807, 2.05) is 0 Å². The van der Waals surface area contributed by atoms with Crippen LogP contribution < -0.4 is 0 Å². The smallest absolute Gasteiger partial charge is 0.323 e. The Labute approximate surface area is 141 Å². The van der Waals surface area contributed by atoms with E-state index in [0.717, 1.165) is 38.5 Å². The Morgan fingerprint density at radius 2 is 1.57 bits per heavy atom. The SMILES string of the molecule is CCCCCCCOC(=O)C(C)(C)C(=O)OC1CCC(C)CC1. The zero-order valence-corrected chi connectivity index (χ0v) is 15.4. The summed E-state index contributed by atoms with van der Waals surface area (Å²) in [5, 5.41) is 0. The van der Waals surface area contributed by atoms with E-state index in [1.54, 1.807) is 13.8 Å². The Morgan fingerprint density at radius 3 is 2.17 bits per heavy atom. The minimum Gasteiger partial charge on any atom is -0.465 e. The molecule has 0 aromatic rings. The summed E-state index contributed by atoms with van der Waals surface area (Å²) in [7, 11) is 0. The van der Waals surface area contributed by atoms with Gasteiger partial charge in [0, 0.05) is 0 Å². The number of ether oxygens (including phenoxy) is 2.